The Morgan fingerprint density at radius 2 is 1.87 bits per heavy atom. The SMILES string of the molecule is CCC1(CC)NC(=O)N(CC(=O)NCCN2CCNCC2)C1=O. The average molecular weight is 325 g/mol. The fourth-order valence-electron chi connectivity index (χ4n) is 3.04. The first-order valence-corrected chi connectivity index (χ1v) is 8.36. The Hall–Kier alpha value is -1.67. The number of hydrogen-bond acceptors (Lipinski definition) is 5. The van der Waals surface area contributed by atoms with Crippen molar-refractivity contribution in [2.75, 3.05) is 45.8 Å². The molecule has 0 radical (unpaired) electrons. The van der Waals surface area contributed by atoms with Gasteiger partial charge in [-0.25, -0.2) is 4.79 Å². The molecule has 0 aromatic heterocycles. The minimum atomic E-state index is -0.849. The van der Waals surface area contributed by atoms with Gasteiger partial charge < -0.3 is 16.0 Å². The molecule has 0 spiro atoms. The van der Waals surface area contributed by atoms with E-state index in [9.17, 15) is 14.4 Å². The zero-order chi connectivity index (χ0) is 16.9. The Bertz CT molecular complexity index is 458. The molecule has 2 saturated heterocycles. The molecule has 0 atom stereocenters. The van der Waals surface area contributed by atoms with Crippen molar-refractivity contribution in [3.05, 3.63) is 0 Å². The molecule has 2 aliphatic heterocycles. The Kier molecular flexibility index (Phi) is 5.95. The van der Waals surface area contributed by atoms with Gasteiger partial charge in [0.1, 0.15) is 12.1 Å². The lowest BCUT2D eigenvalue weighted by Crippen LogP contribution is -2.48. The largest absolute Gasteiger partial charge is 0.353 e. The molecule has 8 heteroatoms. The monoisotopic (exact) mass is 325 g/mol. The first kappa shape index (κ1) is 17.7. The van der Waals surface area contributed by atoms with E-state index >= 15 is 0 Å². The van der Waals surface area contributed by atoms with Crippen LogP contribution in [-0.4, -0.2) is 79.0 Å². The summed E-state index contributed by atoms with van der Waals surface area (Å²) < 4.78 is 0. The highest BCUT2D eigenvalue weighted by atomic mass is 16.2. The predicted octanol–water partition coefficient (Wildman–Crippen LogP) is -0.882. The van der Waals surface area contributed by atoms with E-state index in [0.717, 1.165) is 37.6 Å². The molecule has 2 aliphatic rings. The fraction of sp³-hybridized carbons (Fsp3) is 0.800. The third-order valence-electron chi connectivity index (χ3n) is 4.71. The van der Waals surface area contributed by atoms with Gasteiger partial charge in [-0.2, -0.15) is 0 Å². The Morgan fingerprint density at radius 3 is 2.43 bits per heavy atom. The maximum Gasteiger partial charge on any atom is 0.325 e. The molecule has 2 heterocycles. The van der Waals surface area contributed by atoms with Crippen molar-refractivity contribution in [2.24, 2.45) is 0 Å². The number of piperazine rings is 1. The van der Waals surface area contributed by atoms with E-state index < -0.39 is 11.6 Å². The van der Waals surface area contributed by atoms with Gasteiger partial charge in [0, 0.05) is 39.3 Å². The second-order valence-electron chi connectivity index (χ2n) is 6.05. The molecule has 130 valence electrons. The van der Waals surface area contributed by atoms with Crippen molar-refractivity contribution in [3.63, 3.8) is 0 Å². The van der Waals surface area contributed by atoms with Crippen LogP contribution in [0.5, 0.6) is 0 Å². The van der Waals surface area contributed by atoms with Gasteiger partial charge in [-0.1, -0.05) is 13.8 Å². The Balaban J connectivity index is 1.78. The van der Waals surface area contributed by atoms with Gasteiger partial charge in [0.05, 0.1) is 0 Å². The lowest BCUT2D eigenvalue weighted by Gasteiger charge is -2.27. The molecule has 4 amide bonds. The molecule has 0 bridgehead atoms. The molecule has 0 aromatic rings. The van der Waals surface area contributed by atoms with Crippen molar-refractivity contribution in [1.29, 1.82) is 0 Å². The summed E-state index contributed by atoms with van der Waals surface area (Å²) >= 11 is 0. The number of nitrogens with one attached hydrogen (secondary N) is 3. The van der Waals surface area contributed by atoms with Crippen LogP contribution in [0.1, 0.15) is 26.7 Å². The second kappa shape index (κ2) is 7.74. The number of urea groups is 1. The van der Waals surface area contributed by atoms with Crippen LogP contribution in [0.3, 0.4) is 0 Å². The molecule has 2 fully saturated rings. The lowest BCUT2D eigenvalue weighted by atomic mass is 9.93. The zero-order valence-electron chi connectivity index (χ0n) is 14.0. The van der Waals surface area contributed by atoms with Crippen LogP contribution in [-0.2, 0) is 9.59 Å². The minimum absolute atomic E-state index is 0.214. The summed E-state index contributed by atoms with van der Waals surface area (Å²) in [5.41, 5.74) is -0.849. The summed E-state index contributed by atoms with van der Waals surface area (Å²) in [4.78, 5) is 39.7. The van der Waals surface area contributed by atoms with Crippen LogP contribution in [0.2, 0.25) is 0 Å². The number of nitrogens with zero attached hydrogens (tertiary/aromatic N) is 2. The van der Waals surface area contributed by atoms with Gasteiger partial charge in [0.2, 0.25) is 5.91 Å². The first-order chi connectivity index (χ1) is 11.0. The van der Waals surface area contributed by atoms with Crippen LogP contribution in [0.15, 0.2) is 0 Å². The van der Waals surface area contributed by atoms with Crippen molar-refractivity contribution in [3.8, 4) is 0 Å². The smallest absolute Gasteiger partial charge is 0.325 e. The van der Waals surface area contributed by atoms with E-state index in [2.05, 4.69) is 20.9 Å². The highest BCUT2D eigenvalue weighted by molar-refractivity contribution is 6.08. The number of rotatable bonds is 7. The molecule has 8 nitrogen and oxygen atoms in total. The summed E-state index contributed by atoms with van der Waals surface area (Å²) in [6.07, 6.45) is 1.05. The van der Waals surface area contributed by atoms with Crippen molar-refractivity contribution in [2.45, 2.75) is 32.2 Å². The third-order valence-corrected chi connectivity index (χ3v) is 4.71. The molecule has 3 N–H and O–H groups in total. The molecule has 0 aliphatic carbocycles. The summed E-state index contributed by atoms with van der Waals surface area (Å²) in [6.45, 7) is 8.68. The summed E-state index contributed by atoms with van der Waals surface area (Å²) in [5, 5.41) is 8.78. The number of imide groups is 1. The standard InChI is InChI=1S/C15H27N5O3/c1-3-15(4-2)13(22)20(14(23)18-15)11-12(21)17-7-10-19-8-5-16-6-9-19/h16H,3-11H2,1-2H3,(H,17,21)(H,18,23). The van der Waals surface area contributed by atoms with Crippen LogP contribution in [0.25, 0.3) is 0 Å². The maximum atomic E-state index is 12.4. The van der Waals surface area contributed by atoms with Crippen LogP contribution >= 0.6 is 0 Å². The Morgan fingerprint density at radius 1 is 1.22 bits per heavy atom. The summed E-state index contributed by atoms with van der Waals surface area (Å²) in [5.74, 6) is -0.601. The van der Waals surface area contributed by atoms with E-state index in [4.69, 9.17) is 0 Å². The summed E-state index contributed by atoms with van der Waals surface area (Å²) in [7, 11) is 0. The van der Waals surface area contributed by atoms with Crippen LogP contribution in [0.4, 0.5) is 4.79 Å². The average Bonchev–Trinajstić information content (AvgIpc) is 2.80. The van der Waals surface area contributed by atoms with Gasteiger partial charge in [-0.3, -0.25) is 19.4 Å². The Labute approximate surface area is 136 Å². The van der Waals surface area contributed by atoms with E-state index in [0.29, 0.717) is 19.4 Å². The van der Waals surface area contributed by atoms with Crippen LogP contribution < -0.4 is 16.0 Å². The van der Waals surface area contributed by atoms with E-state index in [1.54, 1.807) is 0 Å². The van der Waals surface area contributed by atoms with Gasteiger partial charge >= 0.3 is 6.03 Å². The highest BCUT2D eigenvalue weighted by Crippen LogP contribution is 2.24. The van der Waals surface area contributed by atoms with Gasteiger partial charge in [0.15, 0.2) is 0 Å². The number of carbonyl (C=O) groups is 3. The third kappa shape index (κ3) is 4.00. The zero-order valence-corrected chi connectivity index (χ0v) is 14.0. The van der Waals surface area contributed by atoms with E-state index in [-0.39, 0.29) is 18.4 Å². The molecular formula is C15H27N5O3. The number of hydrogen-bond donors (Lipinski definition) is 3. The lowest BCUT2D eigenvalue weighted by molar-refractivity contribution is -0.135. The maximum absolute atomic E-state index is 12.4. The molecule has 0 aromatic carbocycles. The van der Waals surface area contributed by atoms with Gasteiger partial charge in [0.25, 0.3) is 5.91 Å². The first-order valence-electron chi connectivity index (χ1n) is 8.36. The topological polar surface area (TPSA) is 93.8 Å². The summed E-state index contributed by atoms with van der Waals surface area (Å²) in [6, 6.07) is -0.476. The van der Waals surface area contributed by atoms with E-state index in [1.807, 2.05) is 13.8 Å². The van der Waals surface area contributed by atoms with Crippen LogP contribution in [0, 0.1) is 0 Å². The molecule has 2 rings (SSSR count). The van der Waals surface area contributed by atoms with Crippen molar-refractivity contribution in [1.82, 2.24) is 25.8 Å². The quantitative estimate of drug-likeness (QED) is 0.529. The van der Waals surface area contributed by atoms with Crippen molar-refractivity contribution < 1.29 is 14.4 Å². The molecule has 0 unspecified atom stereocenters. The number of carbonyl (C=O) groups excluding carboxylic acids is 3. The predicted molar refractivity (Wildman–Crippen MR) is 85.9 cm³/mol. The van der Waals surface area contributed by atoms with E-state index in [1.165, 1.54) is 0 Å². The normalized spacial score (nSPS) is 21.4. The second-order valence-corrected chi connectivity index (χ2v) is 6.05. The number of amides is 4. The van der Waals surface area contributed by atoms with Gasteiger partial charge in [-0.15, -0.1) is 0 Å². The minimum Gasteiger partial charge on any atom is -0.353 e. The van der Waals surface area contributed by atoms with Crippen molar-refractivity contribution >= 4 is 17.8 Å². The molecule has 23 heavy (non-hydrogen) atoms. The highest BCUT2D eigenvalue weighted by Gasteiger charge is 2.49. The fourth-order valence-corrected chi connectivity index (χ4v) is 3.04. The van der Waals surface area contributed by atoms with Gasteiger partial charge in [-0.05, 0) is 12.8 Å². The molecule has 0 saturated carbocycles. The molecular weight excluding hydrogens is 298 g/mol.